The van der Waals surface area contributed by atoms with Crippen LogP contribution < -0.4 is 10.1 Å². The fraction of sp³-hybridized carbons (Fsp3) is 0.462. The molecule has 0 fully saturated rings. The summed E-state index contributed by atoms with van der Waals surface area (Å²) in [6, 6.07) is 15.3. The SMILES string of the molecule is CCCCNC(=O)[C@@H](C)N(CCc1ccccc1)C(=O)COc1ccc(C(C)C)cc1Br. The highest BCUT2D eigenvalue weighted by atomic mass is 79.9. The van der Waals surface area contributed by atoms with Crippen molar-refractivity contribution >= 4 is 27.7 Å². The summed E-state index contributed by atoms with van der Waals surface area (Å²) in [4.78, 5) is 27.4. The van der Waals surface area contributed by atoms with E-state index in [9.17, 15) is 9.59 Å². The van der Waals surface area contributed by atoms with Gasteiger partial charge in [0.1, 0.15) is 11.8 Å². The first-order valence-corrected chi connectivity index (χ1v) is 12.2. The minimum atomic E-state index is -0.571. The summed E-state index contributed by atoms with van der Waals surface area (Å²) >= 11 is 3.54. The van der Waals surface area contributed by atoms with Crippen LogP contribution >= 0.6 is 15.9 Å². The number of carbonyl (C=O) groups excluding carboxylic acids is 2. The summed E-state index contributed by atoms with van der Waals surface area (Å²) in [6.07, 6.45) is 2.59. The highest BCUT2D eigenvalue weighted by molar-refractivity contribution is 9.10. The van der Waals surface area contributed by atoms with Crippen molar-refractivity contribution in [3.63, 3.8) is 0 Å². The molecule has 174 valence electrons. The molecule has 2 aromatic rings. The second-order valence-electron chi connectivity index (χ2n) is 8.28. The van der Waals surface area contributed by atoms with Gasteiger partial charge in [-0.05, 0) is 64.9 Å². The normalized spacial score (nSPS) is 11.8. The molecule has 0 heterocycles. The summed E-state index contributed by atoms with van der Waals surface area (Å²) < 4.78 is 6.64. The van der Waals surface area contributed by atoms with Crippen molar-refractivity contribution < 1.29 is 14.3 Å². The zero-order valence-electron chi connectivity index (χ0n) is 19.6. The van der Waals surface area contributed by atoms with Crippen LogP contribution in [0.1, 0.15) is 57.6 Å². The van der Waals surface area contributed by atoms with Crippen LogP contribution in [0.5, 0.6) is 5.75 Å². The van der Waals surface area contributed by atoms with E-state index in [1.807, 2.05) is 48.5 Å². The van der Waals surface area contributed by atoms with Gasteiger partial charge in [0.2, 0.25) is 5.91 Å². The van der Waals surface area contributed by atoms with Gasteiger partial charge >= 0.3 is 0 Å². The lowest BCUT2D eigenvalue weighted by Crippen LogP contribution is -2.50. The van der Waals surface area contributed by atoms with Gasteiger partial charge in [-0.2, -0.15) is 0 Å². The van der Waals surface area contributed by atoms with Crippen molar-refractivity contribution in [2.24, 2.45) is 0 Å². The van der Waals surface area contributed by atoms with Crippen LogP contribution in [0.25, 0.3) is 0 Å². The summed E-state index contributed by atoms with van der Waals surface area (Å²) in [5.74, 6) is 0.676. The van der Waals surface area contributed by atoms with E-state index in [1.54, 1.807) is 11.8 Å². The van der Waals surface area contributed by atoms with Gasteiger partial charge in [0, 0.05) is 13.1 Å². The van der Waals surface area contributed by atoms with Crippen LogP contribution in [0.4, 0.5) is 0 Å². The first-order chi connectivity index (χ1) is 15.3. The van der Waals surface area contributed by atoms with Gasteiger partial charge in [0.05, 0.1) is 4.47 Å². The molecule has 0 aliphatic carbocycles. The Morgan fingerprint density at radius 3 is 2.44 bits per heavy atom. The lowest BCUT2D eigenvalue weighted by Gasteiger charge is -2.28. The highest BCUT2D eigenvalue weighted by Gasteiger charge is 2.26. The second kappa shape index (κ2) is 13.3. The Morgan fingerprint density at radius 2 is 1.81 bits per heavy atom. The van der Waals surface area contributed by atoms with Crippen molar-refractivity contribution in [3.05, 3.63) is 64.1 Å². The van der Waals surface area contributed by atoms with Crippen LogP contribution in [0.3, 0.4) is 0 Å². The first-order valence-electron chi connectivity index (χ1n) is 11.4. The van der Waals surface area contributed by atoms with Crippen LogP contribution in [0.15, 0.2) is 53.0 Å². The number of nitrogens with zero attached hydrogens (tertiary/aromatic N) is 1. The average Bonchev–Trinajstić information content (AvgIpc) is 2.78. The molecule has 1 N–H and O–H groups in total. The first kappa shape index (κ1) is 25.9. The molecule has 0 saturated carbocycles. The van der Waals surface area contributed by atoms with E-state index >= 15 is 0 Å². The van der Waals surface area contributed by atoms with E-state index in [1.165, 1.54) is 5.56 Å². The Labute approximate surface area is 200 Å². The standard InChI is InChI=1S/C26H35BrN2O3/c1-5-6-15-28-26(31)20(4)29(16-14-21-10-8-7-9-11-21)25(30)18-32-24-13-12-22(19(2)3)17-23(24)27/h7-13,17,19-20H,5-6,14-16,18H2,1-4H3,(H,28,31)/t20-/m1/s1. The topological polar surface area (TPSA) is 58.6 Å². The predicted molar refractivity (Wildman–Crippen MR) is 133 cm³/mol. The molecule has 0 aliphatic heterocycles. The molecule has 1 atom stereocenters. The Morgan fingerprint density at radius 1 is 1.09 bits per heavy atom. The number of amides is 2. The maximum absolute atomic E-state index is 13.1. The summed E-state index contributed by atoms with van der Waals surface area (Å²) in [5.41, 5.74) is 2.31. The molecule has 2 amide bonds. The third-order valence-corrected chi connectivity index (χ3v) is 6.07. The third-order valence-electron chi connectivity index (χ3n) is 5.45. The quantitative estimate of drug-likeness (QED) is 0.399. The number of carbonyl (C=O) groups is 2. The van der Waals surface area contributed by atoms with Gasteiger partial charge in [-0.15, -0.1) is 0 Å². The minimum absolute atomic E-state index is 0.124. The molecule has 0 saturated heterocycles. The van der Waals surface area contributed by atoms with E-state index in [0.29, 0.717) is 31.2 Å². The molecule has 5 nitrogen and oxygen atoms in total. The molecule has 6 heteroatoms. The fourth-order valence-electron chi connectivity index (χ4n) is 3.32. The largest absolute Gasteiger partial charge is 0.483 e. The maximum Gasteiger partial charge on any atom is 0.261 e. The maximum atomic E-state index is 13.1. The Kier molecular flexibility index (Phi) is 10.7. The van der Waals surface area contributed by atoms with E-state index < -0.39 is 6.04 Å². The Hall–Kier alpha value is -2.34. The number of halogens is 1. The monoisotopic (exact) mass is 502 g/mol. The van der Waals surface area contributed by atoms with Crippen molar-refractivity contribution in [3.8, 4) is 5.75 Å². The molecule has 0 unspecified atom stereocenters. The number of hydrogen-bond donors (Lipinski definition) is 1. The van der Waals surface area contributed by atoms with E-state index in [-0.39, 0.29) is 18.4 Å². The third kappa shape index (κ3) is 7.97. The smallest absolute Gasteiger partial charge is 0.261 e. The zero-order chi connectivity index (χ0) is 23.5. The molecule has 32 heavy (non-hydrogen) atoms. The van der Waals surface area contributed by atoms with E-state index in [0.717, 1.165) is 22.9 Å². The molecule has 2 aromatic carbocycles. The summed E-state index contributed by atoms with van der Waals surface area (Å²) in [5, 5.41) is 2.94. The van der Waals surface area contributed by atoms with Crippen molar-refractivity contribution in [1.82, 2.24) is 10.2 Å². The van der Waals surface area contributed by atoms with Crippen LogP contribution in [0, 0.1) is 0 Å². The van der Waals surface area contributed by atoms with Gasteiger partial charge < -0.3 is 15.0 Å². The number of unbranched alkanes of at least 4 members (excludes halogenated alkanes) is 1. The Balaban J connectivity index is 2.07. The molecule has 2 rings (SSSR count). The average molecular weight is 503 g/mol. The lowest BCUT2D eigenvalue weighted by molar-refractivity contribution is -0.141. The summed E-state index contributed by atoms with van der Waals surface area (Å²) in [7, 11) is 0. The molecule has 0 aliphatic rings. The highest BCUT2D eigenvalue weighted by Crippen LogP contribution is 2.29. The number of ether oxygens (including phenoxy) is 1. The molecule has 0 spiro atoms. The molecule has 0 aromatic heterocycles. The van der Waals surface area contributed by atoms with Crippen molar-refractivity contribution in [2.75, 3.05) is 19.7 Å². The molecule has 0 bridgehead atoms. The lowest BCUT2D eigenvalue weighted by atomic mass is 10.0. The Bertz CT molecular complexity index is 871. The summed E-state index contributed by atoms with van der Waals surface area (Å²) in [6.45, 7) is 9.05. The van der Waals surface area contributed by atoms with Crippen molar-refractivity contribution in [1.29, 1.82) is 0 Å². The predicted octanol–water partition coefficient (Wildman–Crippen LogP) is 5.33. The van der Waals surface area contributed by atoms with Gasteiger partial charge in [-0.3, -0.25) is 9.59 Å². The zero-order valence-corrected chi connectivity index (χ0v) is 21.2. The van der Waals surface area contributed by atoms with E-state index in [2.05, 4.69) is 42.0 Å². The van der Waals surface area contributed by atoms with E-state index in [4.69, 9.17) is 4.74 Å². The van der Waals surface area contributed by atoms with Gasteiger partial charge in [-0.25, -0.2) is 0 Å². The number of benzene rings is 2. The van der Waals surface area contributed by atoms with Crippen molar-refractivity contribution in [2.45, 2.75) is 58.9 Å². The van der Waals surface area contributed by atoms with Crippen LogP contribution in [-0.4, -0.2) is 42.5 Å². The van der Waals surface area contributed by atoms with Gasteiger partial charge in [0.25, 0.3) is 5.91 Å². The second-order valence-corrected chi connectivity index (χ2v) is 9.13. The minimum Gasteiger partial charge on any atom is -0.483 e. The number of rotatable bonds is 12. The number of nitrogens with one attached hydrogen (secondary N) is 1. The van der Waals surface area contributed by atoms with Crippen LogP contribution in [0.2, 0.25) is 0 Å². The van der Waals surface area contributed by atoms with Gasteiger partial charge in [0.15, 0.2) is 6.61 Å². The molecular formula is C26H35BrN2O3. The molecular weight excluding hydrogens is 468 g/mol. The number of hydrogen-bond acceptors (Lipinski definition) is 3. The molecule has 0 radical (unpaired) electrons. The fourth-order valence-corrected chi connectivity index (χ4v) is 3.83. The van der Waals surface area contributed by atoms with Crippen LogP contribution in [-0.2, 0) is 16.0 Å². The van der Waals surface area contributed by atoms with Gasteiger partial charge in [-0.1, -0.05) is 63.6 Å².